The Morgan fingerprint density at radius 2 is 0.917 bits per heavy atom. The van der Waals surface area contributed by atoms with Crippen LogP contribution < -0.4 is 4.90 Å². The van der Waals surface area contributed by atoms with E-state index in [9.17, 15) is 0 Å². The van der Waals surface area contributed by atoms with E-state index in [4.69, 9.17) is 0 Å². The number of hydrogen-bond acceptors (Lipinski definition) is 1. The van der Waals surface area contributed by atoms with Crippen LogP contribution in [0.25, 0.3) is 104 Å². The summed E-state index contributed by atoms with van der Waals surface area (Å²) in [6.45, 7) is 0. The molecule has 0 N–H and O–H groups in total. The van der Waals surface area contributed by atoms with Crippen LogP contribution >= 0.6 is 0 Å². The van der Waals surface area contributed by atoms with E-state index < -0.39 is 0 Å². The van der Waals surface area contributed by atoms with E-state index in [-0.39, 0.29) is 0 Å². The van der Waals surface area contributed by atoms with Gasteiger partial charge in [-0.25, -0.2) is 0 Å². The minimum Gasteiger partial charge on any atom is -0.310 e. The molecule has 0 spiro atoms. The predicted molar refractivity (Wildman–Crippen MR) is 254 cm³/mol. The van der Waals surface area contributed by atoms with Gasteiger partial charge in [-0.15, -0.1) is 0 Å². The number of rotatable bonds is 6. The van der Waals surface area contributed by atoms with Crippen LogP contribution in [0.4, 0.5) is 17.1 Å². The molecule has 1 aromatic heterocycles. The highest BCUT2D eigenvalue weighted by atomic mass is 15.1. The Kier molecular flexibility index (Phi) is 7.05. The van der Waals surface area contributed by atoms with Crippen molar-refractivity contribution in [3.05, 3.63) is 218 Å². The molecule has 12 aromatic rings. The quantitative estimate of drug-likeness (QED) is 0.153. The Hall–Kier alpha value is -7.94. The highest BCUT2D eigenvalue weighted by Gasteiger charge is 2.31. The maximum Gasteiger partial charge on any atom is 0.0626 e. The van der Waals surface area contributed by atoms with Gasteiger partial charge in [0.05, 0.1) is 16.9 Å². The fourth-order valence-corrected chi connectivity index (χ4v) is 10.2. The Bertz CT molecular complexity index is 3610. The molecular formula is C58H36N2. The van der Waals surface area contributed by atoms with Crippen molar-refractivity contribution in [3.63, 3.8) is 0 Å². The van der Waals surface area contributed by atoms with Gasteiger partial charge in [0.15, 0.2) is 0 Å². The SMILES string of the molecule is c1ccc(N(c2ccc(-c3ccc(-c4ccc5c6c(n(-c7ccccc7)c5c4)-c4ccc5ccc7cccc8cc-6c4c5c78)cc3)cc2)c2cccc3ccccc23)cc1. The Morgan fingerprint density at radius 1 is 0.333 bits per heavy atom. The van der Waals surface area contributed by atoms with Crippen LogP contribution in [0.1, 0.15) is 0 Å². The molecule has 60 heavy (non-hydrogen) atoms. The topological polar surface area (TPSA) is 8.17 Å². The van der Waals surface area contributed by atoms with Crippen molar-refractivity contribution in [1.82, 2.24) is 4.57 Å². The Labute approximate surface area is 347 Å². The van der Waals surface area contributed by atoms with E-state index in [0.29, 0.717) is 0 Å². The van der Waals surface area contributed by atoms with E-state index in [1.54, 1.807) is 0 Å². The first kappa shape index (κ1) is 33.1. The summed E-state index contributed by atoms with van der Waals surface area (Å²) in [4.78, 5) is 2.36. The van der Waals surface area contributed by atoms with Crippen molar-refractivity contribution in [2.45, 2.75) is 0 Å². The molecule has 0 radical (unpaired) electrons. The normalized spacial score (nSPS) is 12.0. The van der Waals surface area contributed by atoms with Crippen molar-refractivity contribution < 1.29 is 0 Å². The van der Waals surface area contributed by atoms with E-state index in [1.807, 2.05) is 0 Å². The minimum absolute atomic E-state index is 1.12. The summed E-state index contributed by atoms with van der Waals surface area (Å²) in [5.74, 6) is 0. The molecular weight excluding hydrogens is 725 g/mol. The van der Waals surface area contributed by atoms with Crippen molar-refractivity contribution in [1.29, 1.82) is 0 Å². The summed E-state index contributed by atoms with van der Waals surface area (Å²) >= 11 is 0. The number of para-hydroxylation sites is 2. The third-order valence-corrected chi connectivity index (χ3v) is 12.8. The van der Waals surface area contributed by atoms with Gasteiger partial charge < -0.3 is 9.47 Å². The zero-order valence-electron chi connectivity index (χ0n) is 32.7. The van der Waals surface area contributed by atoms with Gasteiger partial charge >= 0.3 is 0 Å². The molecule has 0 amide bonds. The van der Waals surface area contributed by atoms with Gasteiger partial charge in [0.25, 0.3) is 0 Å². The van der Waals surface area contributed by atoms with Gasteiger partial charge in [-0.3, -0.25) is 0 Å². The van der Waals surface area contributed by atoms with Crippen molar-refractivity contribution in [2.24, 2.45) is 0 Å². The highest BCUT2D eigenvalue weighted by Crippen LogP contribution is 2.56. The zero-order valence-corrected chi connectivity index (χ0v) is 32.7. The fraction of sp³-hybridized carbons (Fsp3) is 0. The van der Waals surface area contributed by atoms with Crippen LogP contribution in [0.15, 0.2) is 218 Å². The van der Waals surface area contributed by atoms with Crippen molar-refractivity contribution >= 4 is 71.1 Å². The van der Waals surface area contributed by atoms with Crippen LogP contribution in [0.2, 0.25) is 0 Å². The molecule has 1 aliphatic carbocycles. The maximum atomic E-state index is 2.50. The van der Waals surface area contributed by atoms with E-state index >= 15 is 0 Å². The van der Waals surface area contributed by atoms with E-state index in [2.05, 4.69) is 228 Å². The standard InChI is InChI=1S/C58H36N2/c1-3-15-45(16-4-1)59(52-20-10-12-40-11-7-8-19-48(40)52)47-31-27-38(28-32-47)37-21-23-39(24-22-37)43-30-33-49-53(36-43)60(46-17-5-2-6-18-46)58-50-34-29-42-26-25-41-13-9-14-44-35-51(57(49)58)56(50)55(42)54(41)44/h1-36H. The molecule has 13 rings (SSSR count). The molecule has 278 valence electrons. The van der Waals surface area contributed by atoms with Gasteiger partial charge in [0.1, 0.15) is 0 Å². The number of aromatic nitrogens is 1. The molecule has 0 atom stereocenters. The lowest BCUT2D eigenvalue weighted by Crippen LogP contribution is -2.10. The van der Waals surface area contributed by atoms with Gasteiger partial charge in [-0.1, -0.05) is 164 Å². The molecule has 0 unspecified atom stereocenters. The fourth-order valence-electron chi connectivity index (χ4n) is 10.2. The minimum atomic E-state index is 1.12. The second kappa shape index (κ2) is 12.8. The van der Waals surface area contributed by atoms with Gasteiger partial charge in [-0.2, -0.15) is 0 Å². The summed E-state index contributed by atoms with van der Waals surface area (Å²) in [6.07, 6.45) is 0. The third-order valence-electron chi connectivity index (χ3n) is 12.8. The number of anilines is 3. The van der Waals surface area contributed by atoms with Gasteiger partial charge in [0.2, 0.25) is 0 Å². The van der Waals surface area contributed by atoms with Gasteiger partial charge in [0, 0.05) is 44.3 Å². The summed E-state index contributed by atoms with van der Waals surface area (Å²) in [5.41, 5.74) is 15.9. The second-order valence-corrected chi connectivity index (χ2v) is 16.1. The summed E-state index contributed by atoms with van der Waals surface area (Å²) in [7, 11) is 0. The first-order valence-electron chi connectivity index (χ1n) is 20.8. The molecule has 2 heteroatoms. The van der Waals surface area contributed by atoms with Crippen LogP contribution in [0.5, 0.6) is 0 Å². The number of fused-ring (bicyclic) bond motifs is 6. The predicted octanol–water partition coefficient (Wildman–Crippen LogP) is 16.1. The molecule has 2 nitrogen and oxygen atoms in total. The smallest absolute Gasteiger partial charge is 0.0626 e. The molecule has 0 saturated carbocycles. The molecule has 11 aromatic carbocycles. The average molecular weight is 761 g/mol. The molecule has 0 aliphatic heterocycles. The maximum absolute atomic E-state index is 2.50. The zero-order chi connectivity index (χ0) is 39.3. The van der Waals surface area contributed by atoms with Crippen LogP contribution in [0.3, 0.4) is 0 Å². The first-order valence-corrected chi connectivity index (χ1v) is 20.8. The molecule has 1 aliphatic rings. The first-order chi connectivity index (χ1) is 29.8. The van der Waals surface area contributed by atoms with E-state index in [1.165, 1.54) is 104 Å². The monoisotopic (exact) mass is 760 g/mol. The average Bonchev–Trinajstić information content (AvgIpc) is 3.83. The molecule has 0 saturated heterocycles. The molecule has 0 fully saturated rings. The summed E-state index contributed by atoms with van der Waals surface area (Å²) in [5, 5.41) is 11.8. The van der Waals surface area contributed by atoms with Gasteiger partial charge in [-0.05, 0) is 115 Å². The molecule has 1 heterocycles. The summed E-state index contributed by atoms with van der Waals surface area (Å²) < 4.78 is 2.50. The van der Waals surface area contributed by atoms with Crippen molar-refractivity contribution in [2.75, 3.05) is 4.90 Å². The second-order valence-electron chi connectivity index (χ2n) is 16.1. The van der Waals surface area contributed by atoms with Crippen LogP contribution in [-0.2, 0) is 0 Å². The Balaban J connectivity index is 0.898. The number of benzene rings is 11. The number of nitrogens with zero attached hydrogens (tertiary/aromatic N) is 2. The summed E-state index contributed by atoms with van der Waals surface area (Å²) in [6, 6.07) is 80.2. The lowest BCUT2D eigenvalue weighted by Gasteiger charge is -2.27. The van der Waals surface area contributed by atoms with Crippen molar-refractivity contribution in [3.8, 4) is 50.3 Å². The lowest BCUT2D eigenvalue weighted by molar-refractivity contribution is 1.14. The van der Waals surface area contributed by atoms with Crippen LogP contribution in [-0.4, -0.2) is 4.57 Å². The van der Waals surface area contributed by atoms with Crippen LogP contribution in [0, 0.1) is 0 Å². The van der Waals surface area contributed by atoms with E-state index in [0.717, 1.165) is 17.1 Å². The molecule has 0 bridgehead atoms. The third kappa shape index (κ3) is 4.82. The highest BCUT2D eigenvalue weighted by molar-refractivity contribution is 6.34. The lowest BCUT2D eigenvalue weighted by atomic mass is 9.90. The Morgan fingerprint density at radius 3 is 1.72 bits per heavy atom. The largest absolute Gasteiger partial charge is 0.310 e. The number of hydrogen-bond donors (Lipinski definition) is 0.